The van der Waals surface area contributed by atoms with Gasteiger partial charge in [0.25, 0.3) is 0 Å². The van der Waals surface area contributed by atoms with E-state index >= 15 is 0 Å². The Morgan fingerprint density at radius 3 is 2.78 bits per heavy atom. The Hall–Kier alpha value is -0.820. The zero-order valence-electron chi connectivity index (χ0n) is 11.5. The average molecular weight is 243 g/mol. The van der Waals surface area contributed by atoms with Crippen molar-refractivity contribution in [3.8, 4) is 0 Å². The molecule has 3 atom stereocenters. The van der Waals surface area contributed by atoms with Crippen molar-refractivity contribution < 1.29 is 0 Å². The van der Waals surface area contributed by atoms with Gasteiger partial charge in [-0.25, -0.2) is 0 Å². The number of aryl methyl sites for hydroxylation is 1. The molecule has 1 N–H and O–H groups in total. The van der Waals surface area contributed by atoms with Gasteiger partial charge in [0.2, 0.25) is 0 Å². The molecule has 0 aromatic heterocycles. The molecule has 1 fully saturated rings. The summed E-state index contributed by atoms with van der Waals surface area (Å²) in [6, 6.07) is 10.5. The van der Waals surface area contributed by atoms with Crippen LogP contribution in [-0.2, 0) is 12.8 Å². The molecule has 2 aliphatic carbocycles. The predicted molar refractivity (Wildman–Crippen MR) is 76.8 cm³/mol. The fourth-order valence-electron chi connectivity index (χ4n) is 3.89. The van der Waals surface area contributed by atoms with E-state index in [1.54, 1.807) is 11.1 Å². The SMILES string of the molecule is CCC1CCCC1NC1CCc2ccccc2C1. The van der Waals surface area contributed by atoms with E-state index in [1.165, 1.54) is 44.9 Å². The minimum atomic E-state index is 0.719. The third-order valence-electron chi connectivity index (χ3n) is 4.98. The van der Waals surface area contributed by atoms with E-state index in [1.807, 2.05) is 0 Å². The second-order valence-electron chi connectivity index (χ2n) is 6.08. The summed E-state index contributed by atoms with van der Waals surface area (Å²) in [5.41, 5.74) is 3.15. The van der Waals surface area contributed by atoms with Crippen LogP contribution >= 0.6 is 0 Å². The zero-order valence-corrected chi connectivity index (χ0v) is 11.5. The van der Waals surface area contributed by atoms with Gasteiger partial charge in [-0.3, -0.25) is 0 Å². The van der Waals surface area contributed by atoms with Crippen molar-refractivity contribution in [1.29, 1.82) is 0 Å². The molecule has 1 saturated carbocycles. The molecule has 0 heterocycles. The molecule has 1 heteroatoms. The first-order valence-electron chi connectivity index (χ1n) is 7.69. The molecular weight excluding hydrogens is 218 g/mol. The second-order valence-corrected chi connectivity index (χ2v) is 6.08. The van der Waals surface area contributed by atoms with Crippen LogP contribution in [0.5, 0.6) is 0 Å². The molecule has 0 aliphatic heterocycles. The molecule has 3 unspecified atom stereocenters. The molecule has 18 heavy (non-hydrogen) atoms. The molecule has 1 aromatic rings. The van der Waals surface area contributed by atoms with Crippen LogP contribution in [0.2, 0.25) is 0 Å². The normalized spacial score (nSPS) is 31.3. The summed E-state index contributed by atoms with van der Waals surface area (Å²) < 4.78 is 0. The van der Waals surface area contributed by atoms with E-state index in [9.17, 15) is 0 Å². The molecule has 0 radical (unpaired) electrons. The van der Waals surface area contributed by atoms with Gasteiger partial charge in [0.05, 0.1) is 0 Å². The van der Waals surface area contributed by atoms with Crippen molar-refractivity contribution in [2.45, 2.75) is 64.0 Å². The van der Waals surface area contributed by atoms with Crippen molar-refractivity contribution >= 4 is 0 Å². The number of hydrogen-bond donors (Lipinski definition) is 1. The molecule has 0 amide bonds. The zero-order chi connectivity index (χ0) is 12.4. The summed E-state index contributed by atoms with van der Waals surface area (Å²) in [5, 5.41) is 3.96. The van der Waals surface area contributed by atoms with Crippen molar-refractivity contribution in [3.63, 3.8) is 0 Å². The van der Waals surface area contributed by atoms with E-state index < -0.39 is 0 Å². The monoisotopic (exact) mass is 243 g/mol. The number of fused-ring (bicyclic) bond motifs is 1. The van der Waals surface area contributed by atoms with Crippen molar-refractivity contribution in [3.05, 3.63) is 35.4 Å². The lowest BCUT2D eigenvalue weighted by Crippen LogP contribution is -2.43. The lowest BCUT2D eigenvalue weighted by Gasteiger charge is -2.30. The van der Waals surface area contributed by atoms with Gasteiger partial charge in [0, 0.05) is 12.1 Å². The van der Waals surface area contributed by atoms with E-state index in [0.29, 0.717) is 0 Å². The Bertz CT molecular complexity index is 398. The highest BCUT2D eigenvalue weighted by atomic mass is 15.0. The summed E-state index contributed by atoms with van der Waals surface area (Å²) in [4.78, 5) is 0. The van der Waals surface area contributed by atoms with E-state index in [0.717, 1.165) is 18.0 Å². The van der Waals surface area contributed by atoms with Gasteiger partial charge in [-0.15, -0.1) is 0 Å². The van der Waals surface area contributed by atoms with Crippen LogP contribution < -0.4 is 5.32 Å². The Morgan fingerprint density at radius 2 is 1.94 bits per heavy atom. The average Bonchev–Trinajstić information content (AvgIpc) is 2.86. The number of benzene rings is 1. The quantitative estimate of drug-likeness (QED) is 0.853. The standard InChI is InChI=1S/C17H25N/c1-2-13-8-5-9-17(13)18-16-11-10-14-6-3-4-7-15(14)12-16/h3-4,6-7,13,16-18H,2,5,8-12H2,1H3. The van der Waals surface area contributed by atoms with Gasteiger partial charge in [-0.1, -0.05) is 44.0 Å². The fraction of sp³-hybridized carbons (Fsp3) is 0.647. The molecule has 0 saturated heterocycles. The molecule has 1 aromatic carbocycles. The summed E-state index contributed by atoms with van der Waals surface area (Å²) in [6.07, 6.45) is 9.44. The summed E-state index contributed by atoms with van der Waals surface area (Å²) >= 11 is 0. The first-order valence-corrected chi connectivity index (χ1v) is 7.69. The topological polar surface area (TPSA) is 12.0 Å². The second kappa shape index (κ2) is 5.44. The lowest BCUT2D eigenvalue weighted by molar-refractivity contribution is 0.329. The van der Waals surface area contributed by atoms with Gasteiger partial charge in [0.15, 0.2) is 0 Å². The van der Waals surface area contributed by atoms with Crippen LogP contribution in [0.4, 0.5) is 0 Å². The maximum absolute atomic E-state index is 3.96. The Kier molecular flexibility index (Phi) is 3.69. The third kappa shape index (κ3) is 2.47. The lowest BCUT2D eigenvalue weighted by atomic mass is 9.87. The highest BCUT2D eigenvalue weighted by molar-refractivity contribution is 5.30. The van der Waals surface area contributed by atoms with E-state index in [-0.39, 0.29) is 0 Å². The van der Waals surface area contributed by atoms with Crippen LogP contribution in [0.15, 0.2) is 24.3 Å². The molecular formula is C17H25N. The van der Waals surface area contributed by atoms with Crippen molar-refractivity contribution in [1.82, 2.24) is 5.32 Å². The van der Waals surface area contributed by atoms with E-state index in [4.69, 9.17) is 0 Å². The minimum Gasteiger partial charge on any atom is -0.311 e. The van der Waals surface area contributed by atoms with Crippen LogP contribution in [0.1, 0.15) is 50.2 Å². The Morgan fingerprint density at radius 1 is 1.11 bits per heavy atom. The predicted octanol–water partition coefficient (Wildman–Crippen LogP) is 3.71. The fourth-order valence-corrected chi connectivity index (χ4v) is 3.89. The van der Waals surface area contributed by atoms with Gasteiger partial charge in [-0.2, -0.15) is 0 Å². The molecule has 1 nitrogen and oxygen atoms in total. The van der Waals surface area contributed by atoms with Crippen molar-refractivity contribution in [2.24, 2.45) is 5.92 Å². The van der Waals surface area contributed by atoms with Crippen LogP contribution in [-0.4, -0.2) is 12.1 Å². The van der Waals surface area contributed by atoms with Gasteiger partial charge in [-0.05, 0) is 49.1 Å². The van der Waals surface area contributed by atoms with Crippen LogP contribution in [0.25, 0.3) is 0 Å². The largest absolute Gasteiger partial charge is 0.311 e. The molecule has 98 valence electrons. The minimum absolute atomic E-state index is 0.719. The molecule has 2 aliphatic rings. The maximum atomic E-state index is 3.96. The maximum Gasteiger partial charge on any atom is 0.0113 e. The Balaban J connectivity index is 1.62. The first kappa shape index (κ1) is 12.2. The summed E-state index contributed by atoms with van der Waals surface area (Å²) in [5.74, 6) is 0.933. The molecule has 3 rings (SSSR count). The molecule has 0 bridgehead atoms. The Labute approximate surface area is 111 Å². The summed E-state index contributed by atoms with van der Waals surface area (Å²) in [7, 11) is 0. The summed E-state index contributed by atoms with van der Waals surface area (Å²) in [6.45, 7) is 2.35. The van der Waals surface area contributed by atoms with E-state index in [2.05, 4.69) is 36.5 Å². The van der Waals surface area contributed by atoms with Crippen LogP contribution in [0, 0.1) is 5.92 Å². The number of nitrogens with one attached hydrogen (secondary N) is 1. The number of hydrogen-bond acceptors (Lipinski definition) is 1. The molecule has 0 spiro atoms. The first-order chi connectivity index (χ1) is 8.86. The highest BCUT2D eigenvalue weighted by Gasteiger charge is 2.28. The highest BCUT2D eigenvalue weighted by Crippen LogP contribution is 2.30. The smallest absolute Gasteiger partial charge is 0.0113 e. The third-order valence-corrected chi connectivity index (χ3v) is 4.98. The van der Waals surface area contributed by atoms with Gasteiger partial charge >= 0.3 is 0 Å². The van der Waals surface area contributed by atoms with Gasteiger partial charge in [0.1, 0.15) is 0 Å². The van der Waals surface area contributed by atoms with Gasteiger partial charge < -0.3 is 5.32 Å². The number of rotatable bonds is 3. The van der Waals surface area contributed by atoms with Crippen LogP contribution in [0.3, 0.4) is 0 Å². The van der Waals surface area contributed by atoms with Crippen molar-refractivity contribution in [2.75, 3.05) is 0 Å².